The Labute approximate surface area is 113 Å². The third kappa shape index (κ3) is 3.13. The summed E-state index contributed by atoms with van der Waals surface area (Å²) in [4.78, 5) is 14.0. The van der Waals surface area contributed by atoms with Crippen molar-refractivity contribution in [3.63, 3.8) is 0 Å². The lowest BCUT2D eigenvalue weighted by Gasteiger charge is -2.33. The molecule has 19 heavy (non-hydrogen) atoms. The summed E-state index contributed by atoms with van der Waals surface area (Å²) in [6.07, 6.45) is 1.71. The van der Waals surface area contributed by atoms with Gasteiger partial charge in [-0.05, 0) is 37.5 Å². The predicted molar refractivity (Wildman–Crippen MR) is 74.8 cm³/mol. The maximum Gasteiger partial charge on any atom is 0.244 e. The number of carbonyl (C=O) groups excluding carboxylic acids is 1. The molecule has 0 bridgehead atoms. The number of nitrogens with one attached hydrogen (secondary N) is 1. The highest BCUT2D eigenvalue weighted by molar-refractivity contribution is 5.98. The van der Waals surface area contributed by atoms with Gasteiger partial charge in [-0.25, -0.2) is 4.39 Å². The Bertz CT molecular complexity index is 473. The summed E-state index contributed by atoms with van der Waals surface area (Å²) >= 11 is 0. The summed E-state index contributed by atoms with van der Waals surface area (Å²) < 4.78 is 14.0. The van der Waals surface area contributed by atoms with Gasteiger partial charge in [-0.15, -0.1) is 0 Å². The average Bonchev–Trinajstić information content (AvgIpc) is 2.32. The number of anilines is 1. The summed E-state index contributed by atoms with van der Waals surface area (Å²) in [5.74, 6) is -0.346. The number of hydrogen-bond donors (Lipinski definition) is 1. The minimum atomic E-state index is -0.321. The van der Waals surface area contributed by atoms with Crippen LogP contribution >= 0.6 is 0 Å². The Morgan fingerprint density at radius 2 is 2.16 bits per heavy atom. The molecular weight excluding hydrogens is 243 g/mol. The van der Waals surface area contributed by atoms with Crippen LogP contribution in [-0.4, -0.2) is 24.5 Å². The van der Waals surface area contributed by atoms with Gasteiger partial charge in [0.1, 0.15) is 5.82 Å². The van der Waals surface area contributed by atoms with E-state index in [9.17, 15) is 9.18 Å². The van der Waals surface area contributed by atoms with E-state index in [4.69, 9.17) is 0 Å². The predicted octanol–water partition coefficient (Wildman–Crippen LogP) is 2.63. The second kappa shape index (κ2) is 5.70. The van der Waals surface area contributed by atoms with Crippen LogP contribution in [0.1, 0.15) is 32.3 Å². The molecule has 0 saturated carbocycles. The molecule has 1 saturated heterocycles. The van der Waals surface area contributed by atoms with E-state index in [0.29, 0.717) is 12.2 Å². The second-order valence-corrected chi connectivity index (χ2v) is 5.46. The normalized spacial score (nSPS) is 20.2. The topological polar surface area (TPSA) is 32.3 Å². The van der Waals surface area contributed by atoms with Gasteiger partial charge in [0.05, 0.1) is 11.7 Å². The fourth-order valence-electron chi connectivity index (χ4n) is 2.50. The van der Waals surface area contributed by atoms with Crippen LogP contribution in [0.2, 0.25) is 0 Å². The molecular formula is C15H21FN2O. The molecule has 0 aliphatic carbocycles. The third-order valence-corrected chi connectivity index (χ3v) is 3.37. The smallest absolute Gasteiger partial charge is 0.244 e. The molecule has 4 heteroatoms. The number of rotatable bonds is 3. The SMILES string of the molecule is Cc1ccc(N2CCCC(NC(C)C)C2=O)c(F)c1. The van der Waals surface area contributed by atoms with Gasteiger partial charge in [0.2, 0.25) is 5.91 Å². The number of hydrogen-bond acceptors (Lipinski definition) is 2. The van der Waals surface area contributed by atoms with E-state index in [0.717, 1.165) is 18.4 Å². The minimum absolute atomic E-state index is 0.0253. The molecule has 0 radical (unpaired) electrons. The van der Waals surface area contributed by atoms with Crippen LogP contribution < -0.4 is 10.2 Å². The van der Waals surface area contributed by atoms with Crippen molar-refractivity contribution in [2.24, 2.45) is 0 Å². The number of carbonyl (C=O) groups is 1. The average molecular weight is 264 g/mol. The first kappa shape index (κ1) is 14.0. The molecule has 0 aromatic heterocycles. The number of piperidine rings is 1. The lowest BCUT2D eigenvalue weighted by molar-refractivity contribution is -0.122. The monoisotopic (exact) mass is 264 g/mol. The van der Waals surface area contributed by atoms with Crippen molar-refractivity contribution in [1.82, 2.24) is 5.32 Å². The first-order valence-corrected chi connectivity index (χ1v) is 6.82. The van der Waals surface area contributed by atoms with Gasteiger partial charge in [-0.1, -0.05) is 19.9 Å². The summed E-state index contributed by atoms with van der Waals surface area (Å²) in [7, 11) is 0. The number of halogens is 1. The molecule has 104 valence electrons. The number of benzene rings is 1. The first-order chi connectivity index (χ1) is 8.99. The van der Waals surface area contributed by atoms with Crippen LogP contribution in [0.3, 0.4) is 0 Å². The number of amides is 1. The Balaban J connectivity index is 2.21. The molecule has 1 aromatic rings. The van der Waals surface area contributed by atoms with Gasteiger partial charge < -0.3 is 10.2 Å². The van der Waals surface area contributed by atoms with E-state index < -0.39 is 0 Å². The maximum absolute atomic E-state index is 14.0. The maximum atomic E-state index is 14.0. The highest BCUT2D eigenvalue weighted by Gasteiger charge is 2.30. The Morgan fingerprint density at radius 1 is 1.42 bits per heavy atom. The van der Waals surface area contributed by atoms with Gasteiger partial charge in [0.25, 0.3) is 0 Å². The standard InChI is InChI=1S/C15H21FN2O/c1-10(2)17-13-5-4-8-18(15(13)19)14-7-6-11(3)9-12(14)16/h6-7,9-10,13,17H,4-5,8H2,1-3H3. The molecule has 1 fully saturated rings. The van der Waals surface area contributed by atoms with Gasteiger partial charge >= 0.3 is 0 Å². The lowest BCUT2D eigenvalue weighted by atomic mass is 10.0. The number of aryl methyl sites for hydroxylation is 1. The van der Waals surface area contributed by atoms with Crippen LogP contribution in [-0.2, 0) is 4.79 Å². The first-order valence-electron chi connectivity index (χ1n) is 6.82. The molecule has 1 aliphatic rings. The fraction of sp³-hybridized carbons (Fsp3) is 0.533. The largest absolute Gasteiger partial charge is 0.308 e. The molecule has 3 nitrogen and oxygen atoms in total. The van der Waals surface area contributed by atoms with Crippen LogP contribution in [0.5, 0.6) is 0 Å². The molecule has 1 amide bonds. The zero-order valence-electron chi connectivity index (χ0n) is 11.7. The van der Waals surface area contributed by atoms with Crippen LogP contribution in [0.4, 0.5) is 10.1 Å². The van der Waals surface area contributed by atoms with Crippen molar-refractivity contribution in [3.8, 4) is 0 Å². The van der Waals surface area contributed by atoms with E-state index in [-0.39, 0.29) is 23.8 Å². The fourth-order valence-corrected chi connectivity index (χ4v) is 2.50. The van der Waals surface area contributed by atoms with E-state index >= 15 is 0 Å². The van der Waals surface area contributed by atoms with Crippen molar-refractivity contribution >= 4 is 11.6 Å². The molecule has 1 atom stereocenters. The molecule has 1 unspecified atom stereocenters. The molecule has 0 spiro atoms. The zero-order chi connectivity index (χ0) is 14.0. The van der Waals surface area contributed by atoms with E-state index in [1.165, 1.54) is 6.07 Å². The van der Waals surface area contributed by atoms with Gasteiger partial charge in [0, 0.05) is 12.6 Å². The van der Waals surface area contributed by atoms with Crippen molar-refractivity contribution < 1.29 is 9.18 Å². The summed E-state index contributed by atoms with van der Waals surface area (Å²) in [6.45, 7) is 6.46. The molecule has 1 N–H and O–H groups in total. The molecule has 1 aliphatic heterocycles. The highest BCUT2D eigenvalue weighted by Crippen LogP contribution is 2.25. The van der Waals surface area contributed by atoms with Gasteiger partial charge in [-0.3, -0.25) is 4.79 Å². The zero-order valence-corrected chi connectivity index (χ0v) is 11.7. The second-order valence-electron chi connectivity index (χ2n) is 5.46. The molecule has 1 aromatic carbocycles. The van der Waals surface area contributed by atoms with Crippen molar-refractivity contribution in [2.45, 2.75) is 45.7 Å². The quantitative estimate of drug-likeness (QED) is 0.910. The van der Waals surface area contributed by atoms with Crippen molar-refractivity contribution in [1.29, 1.82) is 0 Å². The Hall–Kier alpha value is -1.42. The third-order valence-electron chi connectivity index (χ3n) is 3.37. The van der Waals surface area contributed by atoms with Gasteiger partial charge in [0.15, 0.2) is 0 Å². The van der Waals surface area contributed by atoms with Crippen LogP contribution in [0.15, 0.2) is 18.2 Å². The van der Waals surface area contributed by atoms with E-state index in [1.54, 1.807) is 11.0 Å². The number of nitrogens with zero attached hydrogens (tertiary/aromatic N) is 1. The Kier molecular flexibility index (Phi) is 4.20. The van der Waals surface area contributed by atoms with E-state index in [2.05, 4.69) is 5.32 Å². The molecule has 1 heterocycles. The molecule has 2 rings (SSSR count). The van der Waals surface area contributed by atoms with Crippen molar-refractivity contribution in [3.05, 3.63) is 29.6 Å². The summed E-state index contributed by atoms with van der Waals surface area (Å²) in [5, 5.41) is 3.25. The van der Waals surface area contributed by atoms with Crippen molar-refractivity contribution in [2.75, 3.05) is 11.4 Å². The van der Waals surface area contributed by atoms with Gasteiger partial charge in [-0.2, -0.15) is 0 Å². The summed E-state index contributed by atoms with van der Waals surface area (Å²) in [6, 6.07) is 5.05. The highest BCUT2D eigenvalue weighted by atomic mass is 19.1. The van der Waals surface area contributed by atoms with E-state index in [1.807, 2.05) is 26.8 Å². The van der Waals surface area contributed by atoms with Crippen LogP contribution in [0, 0.1) is 12.7 Å². The minimum Gasteiger partial charge on any atom is -0.308 e. The lowest BCUT2D eigenvalue weighted by Crippen LogP contribution is -2.52. The Morgan fingerprint density at radius 3 is 2.79 bits per heavy atom. The van der Waals surface area contributed by atoms with Crippen LogP contribution in [0.25, 0.3) is 0 Å². The summed E-state index contributed by atoms with van der Waals surface area (Å²) in [5.41, 5.74) is 1.26.